The van der Waals surface area contributed by atoms with Gasteiger partial charge in [-0.3, -0.25) is 4.90 Å². The maximum absolute atomic E-state index is 11.8. The maximum atomic E-state index is 11.8. The van der Waals surface area contributed by atoms with Crippen LogP contribution >= 0.6 is 0 Å². The first-order valence-electron chi connectivity index (χ1n) is 7.03. The number of cyclic esters (lactones) is 1. The smallest absolute Gasteiger partial charge is 0.410 e. The number of benzene rings is 1. The number of amides is 1. The van der Waals surface area contributed by atoms with Gasteiger partial charge in [-0.2, -0.15) is 0 Å². The van der Waals surface area contributed by atoms with Gasteiger partial charge in [-0.1, -0.05) is 36.4 Å². The monoisotopic (exact) mass is 273 g/mol. The summed E-state index contributed by atoms with van der Waals surface area (Å²) < 4.78 is 11.2. The fourth-order valence-corrected chi connectivity index (χ4v) is 2.98. The Hall–Kier alpha value is -1.81. The predicted molar refractivity (Wildman–Crippen MR) is 75.2 cm³/mol. The Labute approximate surface area is 119 Å². The molecule has 106 valence electrons. The molecule has 2 saturated heterocycles. The van der Waals surface area contributed by atoms with Crippen LogP contribution in [0.4, 0.5) is 4.79 Å². The molecule has 0 unspecified atom stereocenters. The molecule has 3 atom stereocenters. The Morgan fingerprint density at radius 2 is 2.15 bits per heavy atom. The molecule has 2 aliphatic rings. The lowest BCUT2D eigenvalue weighted by atomic mass is 9.94. The van der Waals surface area contributed by atoms with Gasteiger partial charge in [0.25, 0.3) is 0 Å². The fourth-order valence-electron chi connectivity index (χ4n) is 2.98. The van der Waals surface area contributed by atoms with Crippen LogP contribution in [0.5, 0.6) is 0 Å². The fraction of sp³-hybridized carbons (Fsp3) is 0.438. The third kappa shape index (κ3) is 2.43. The molecular formula is C16H19NO3. The first kappa shape index (κ1) is 13.2. The van der Waals surface area contributed by atoms with E-state index in [0.29, 0.717) is 13.2 Å². The number of carbonyl (C=O) groups excluding carboxylic acids is 1. The van der Waals surface area contributed by atoms with Gasteiger partial charge in [0.05, 0.1) is 24.8 Å². The molecule has 2 heterocycles. The lowest BCUT2D eigenvalue weighted by Crippen LogP contribution is -2.52. The molecule has 0 bridgehead atoms. The number of hydrogen-bond donors (Lipinski definition) is 0. The summed E-state index contributed by atoms with van der Waals surface area (Å²) in [5.41, 5.74) is 1.15. The molecular weight excluding hydrogens is 254 g/mol. The highest BCUT2D eigenvalue weighted by Crippen LogP contribution is 2.31. The summed E-state index contributed by atoms with van der Waals surface area (Å²) in [4.78, 5) is 13.6. The molecule has 3 rings (SSSR count). The van der Waals surface area contributed by atoms with Gasteiger partial charge in [-0.05, 0) is 18.4 Å². The van der Waals surface area contributed by atoms with E-state index in [1.54, 1.807) is 4.90 Å². The van der Waals surface area contributed by atoms with Crippen molar-refractivity contribution in [2.75, 3.05) is 6.61 Å². The van der Waals surface area contributed by atoms with E-state index in [2.05, 4.69) is 6.58 Å². The van der Waals surface area contributed by atoms with E-state index in [4.69, 9.17) is 9.47 Å². The van der Waals surface area contributed by atoms with Crippen molar-refractivity contribution in [3.63, 3.8) is 0 Å². The molecule has 0 spiro atoms. The van der Waals surface area contributed by atoms with E-state index in [9.17, 15) is 4.79 Å². The largest absolute Gasteiger partial charge is 0.447 e. The van der Waals surface area contributed by atoms with Crippen LogP contribution in [-0.2, 0) is 16.1 Å². The minimum Gasteiger partial charge on any atom is -0.447 e. The van der Waals surface area contributed by atoms with Crippen molar-refractivity contribution in [1.29, 1.82) is 0 Å². The number of nitrogens with zero attached hydrogens (tertiary/aromatic N) is 1. The first-order valence-corrected chi connectivity index (χ1v) is 7.03. The van der Waals surface area contributed by atoms with Crippen LogP contribution in [0, 0.1) is 0 Å². The Morgan fingerprint density at radius 1 is 1.35 bits per heavy atom. The van der Waals surface area contributed by atoms with Gasteiger partial charge in [0.1, 0.15) is 6.61 Å². The van der Waals surface area contributed by atoms with Crippen LogP contribution in [-0.4, -0.2) is 35.8 Å². The van der Waals surface area contributed by atoms with Crippen molar-refractivity contribution in [2.45, 2.75) is 37.6 Å². The van der Waals surface area contributed by atoms with E-state index >= 15 is 0 Å². The van der Waals surface area contributed by atoms with Crippen LogP contribution in [0.1, 0.15) is 18.4 Å². The van der Waals surface area contributed by atoms with E-state index < -0.39 is 0 Å². The van der Waals surface area contributed by atoms with Crippen molar-refractivity contribution in [2.24, 2.45) is 0 Å². The Balaban J connectivity index is 1.66. The van der Waals surface area contributed by atoms with Crippen molar-refractivity contribution in [3.05, 3.63) is 48.6 Å². The average molecular weight is 273 g/mol. The van der Waals surface area contributed by atoms with E-state index in [1.807, 2.05) is 36.4 Å². The summed E-state index contributed by atoms with van der Waals surface area (Å²) in [6, 6.07) is 10.2. The third-order valence-electron chi connectivity index (χ3n) is 4.06. The summed E-state index contributed by atoms with van der Waals surface area (Å²) in [7, 11) is 0. The maximum Gasteiger partial charge on any atom is 0.410 e. The molecule has 0 N–H and O–H groups in total. The van der Waals surface area contributed by atoms with E-state index in [1.165, 1.54) is 0 Å². The van der Waals surface area contributed by atoms with Crippen LogP contribution < -0.4 is 0 Å². The third-order valence-corrected chi connectivity index (χ3v) is 4.06. The second-order valence-electron chi connectivity index (χ2n) is 5.27. The van der Waals surface area contributed by atoms with Crippen LogP contribution in [0.2, 0.25) is 0 Å². The second kappa shape index (κ2) is 5.67. The number of rotatable bonds is 4. The number of piperidine rings is 1. The standard InChI is InChI=1S/C16H19NO3/c1-2-13-8-9-15(14-11-20-16(18)17(13)14)19-10-12-6-4-3-5-7-12/h2-7,13-15H,1,8-11H2/t13-,14+,15-/m0/s1. The molecule has 0 saturated carbocycles. The zero-order valence-electron chi connectivity index (χ0n) is 11.4. The molecule has 0 aromatic heterocycles. The van der Waals surface area contributed by atoms with Crippen molar-refractivity contribution in [3.8, 4) is 0 Å². The van der Waals surface area contributed by atoms with Crippen molar-refractivity contribution >= 4 is 6.09 Å². The molecule has 0 aliphatic carbocycles. The lowest BCUT2D eigenvalue weighted by Gasteiger charge is -2.38. The molecule has 2 aliphatic heterocycles. The second-order valence-corrected chi connectivity index (χ2v) is 5.27. The number of carbonyl (C=O) groups is 1. The highest BCUT2D eigenvalue weighted by atomic mass is 16.6. The van der Waals surface area contributed by atoms with E-state index in [-0.39, 0.29) is 24.3 Å². The van der Waals surface area contributed by atoms with Gasteiger partial charge in [0.2, 0.25) is 0 Å². The normalized spacial score (nSPS) is 28.9. The summed E-state index contributed by atoms with van der Waals surface area (Å²) in [5.74, 6) is 0. The summed E-state index contributed by atoms with van der Waals surface area (Å²) in [6.07, 6.45) is 3.44. The SMILES string of the molecule is C=C[C@H]1CC[C@H](OCc2ccccc2)[C@H]2COC(=O)N21. The predicted octanol–water partition coefficient (Wildman–Crippen LogP) is 2.74. The van der Waals surface area contributed by atoms with Crippen LogP contribution in [0.15, 0.2) is 43.0 Å². The number of hydrogen-bond acceptors (Lipinski definition) is 3. The van der Waals surface area contributed by atoms with Crippen molar-refractivity contribution in [1.82, 2.24) is 4.90 Å². The van der Waals surface area contributed by atoms with E-state index in [0.717, 1.165) is 18.4 Å². The minimum absolute atomic E-state index is 0.0166. The van der Waals surface area contributed by atoms with Crippen LogP contribution in [0.3, 0.4) is 0 Å². The van der Waals surface area contributed by atoms with Gasteiger partial charge in [-0.15, -0.1) is 6.58 Å². The average Bonchev–Trinajstić information content (AvgIpc) is 2.89. The Morgan fingerprint density at radius 3 is 2.90 bits per heavy atom. The lowest BCUT2D eigenvalue weighted by molar-refractivity contribution is -0.0361. The molecule has 4 nitrogen and oxygen atoms in total. The highest BCUT2D eigenvalue weighted by molar-refractivity contribution is 5.71. The Bertz CT molecular complexity index is 488. The number of fused-ring (bicyclic) bond motifs is 1. The van der Waals surface area contributed by atoms with Crippen LogP contribution in [0.25, 0.3) is 0 Å². The molecule has 0 radical (unpaired) electrons. The minimum atomic E-state index is -0.243. The summed E-state index contributed by atoms with van der Waals surface area (Å²) in [6.45, 7) is 4.80. The molecule has 4 heteroatoms. The zero-order chi connectivity index (χ0) is 13.9. The van der Waals surface area contributed by atoms with Gasteiger partial charge >= 0.3 is 6.09 Å². The van der Waals surface area contributed by atoms with Gasteiger partial charge in [0.15, 0.2) is 0 Å². The van der Waals surface area contributed by atoms with Crippen molar-refractivity contribution < 1.29 is 14.3 Å². The Kier molecular flexibility index (Phi) is 3.74. The number of ether oxygens (including phenoxy) is 2. The highest BCUT2D eigenvalue weighted by Gasteiger charge is 2.45. The zero-order valence-corrected chi connectivity index (χ0v) is 11.4. The van der Waals surface area contributed by atoms with Gasteiger partial charge in [0, 0.05) is 0 Å². The molecule has 1 aromatic rings. The topological polar surface area (TPSA) is 38.8 Å². The first-order chi connectivity index (χ1) is 9.79. The summed E-state index contributed by atoms with van der Waals surface area (Å²) >= 11 is 0. The van der Waals surface area contributed by atoms with Gasteiger partial charge < -0.3 is 9.47 Å². The van der Waals surface area contributed by atoms with Gasteiger partial charge in [-0.25, -0.2) is 4.79 Å². The quantitative estimate of drug-likeness (QED) is 0.792. The molecule has 20 heavy (non-hydrogen) atoms. The molecule has 1 amide bonds. The molecule has 1 aromatic carbocycles. The molecule has 2 fully saturated rings. The summed E-state index contributed by atoms with van der Waals surface area (Å²) in [5, 5.41) is 0.